The lowest BCUT2D eigenvalue weighted by Gasteiger charge is -2.27. The van der Waals surface area contributed by atoms with E-state index in [1.807, 2.05) is 79.7 Å². The van der Waals surface area contributed by atoms with Crippen molar-refractivity contribution in [1.29, 1.82) is 0 Å². The molecular weight excluding hydrogens is 364 g/mol. The lowest BCUT2D eigenvalue weighted by atomic mass is 10.1. The van der Waals surface area contributed by atoms with E-state index < -0.39 is 0 Å². The van der Waals surface area contributed by atoms with Crippen LogP contribution in [0.1, 0.15) is 13.3 Å². The number of benzene rings is 3. The summed E-state index contributed by atoms with van der Waals surface area (Å²) >= 11 is 0. The van der Waals surface area contributed by atoms with Gasteiger partial charge in [-0.25, -0.2) is 0 Å². The first-order valence-corrected chi connectivity index (χ1v) is 9.61. The van der Waals surface area contributed by atoms with E-state index in [4.69, 9.17) is 4.74 Å². The maximum Gasteiger partial charge on any atom is 0.265 e. The fourth-order valence-corrected chi connectivity index (χ4v) is 3.56. The summed E-state index contributed by atoms with van der Waals surface area (Å²) in [6.07, 6.45) is 0.242. The van der Waals surface area contributed by atoms with Gasteiger partial charge in [0.25, 0.3) is 5.91 Å². The van der Waals surface area contributed by atoms with Gasteiger partial charge in [0.2, 0.25) is 5.91 Å². The van der Waals surface area contributed by atoms with Crippen molar-refractivity contribution in [2.75, 3.05) is 16.8 Å². The molecule has 1 N–H and O–H groups in total. The molecule has 0 aromatic heterocycles. The molecule has 0 saturated carbocycles. The molecular formula is C24H22N2O3. The van der Waals surface area contributed by atoms with Gasteiger partial charge in [-0.2, -0.15) is 0 Å². The third kappa shape index (κ3) is 4.14. The Morgan fingerprint density at radius 3 is 2.38 bits per heavy atom. The Hall–Kier alpha value is -3.60. The molecule has 0 radical (unpaired) electrons. The molecule has 4 rings (SSSR count). The van der Waals surface area contributed by atoms with Gasteiger partial charge in [-0.05, 0) is 42.3 Å². The van der Waals surface area contributed by atoms with Crippen LogP contribution in [-0.2, 0) is 9.59 Å². The Morgan fingerprint density at radius 2 is 1.62 bits per heavy atom. The number of nitrogens with one attached hydrogen (secondary N) is 1. The highest BCUT2D eigenvalue weighted by Crippen LogP contribution is 2.31. The highest BCUT2D eigenvalue weighted by molar-refractivity contribution is 6.04. The normalized spacial score (nSPS) is 15.8. The molecule has 3 aromatic rings. The first kappa shape index (κ1) is 18.7. The molecule has 0 unspecified atom stereocenters. The van der Waals surface area contributed by atoms with E-state index in [2.05, 4.69) is 5.32 Å². The van der Waals surface area contributed by atoms with E-state index in [0.29, 0.717) is 17.1 Å². The molecule has 2 amide bonds. The first-order valence-electron chi connectivity index (χ1n) is 9.61. The van der Waals surface area contributed by atoms with Gasteiger partial charge in [-0.3, -0.25) is 9.59 Å². The summed E-state index contributed by atoms with van der Waals surface area (Å²) < 4.78 is 5.75. The molecule has 0 fully saturated rings. The van der Waals surface area contributed by atoms with Crippen LogP contribution in [0, 0.1) is 0 Å². The maximum atomic E-state index is 13.0. The summed E-state index contributed by atoms with van der Waals surface area (Å²) in [4.78, 5) is 26.7. The van der Waals surface area contributed by atoms with Crippen LogP contribution in [0.15, 0.2) is 78.9 Å². The largest absolute Gasteiger partial charge is 0.484 e. The smallest absolute Gasteiger partial charge is 0.265 e. The van der Waals surface area contributed by atoms with E-state index in [1.165, 1.54) is 0 Å². The number of rotatable bonds is 4. The van der Waals surface area contributed by atoms with Gasteiger partial charge in [0, 0.05) is 12.5 Å². The van der Waals surface area contributed by atoms with Gasteiger partial charge in [0.15, 0.2) is 6.61 Å². The van der Waals surface area contributed by atoms with Crippen LogP contribution in [-0.4, -0.2) is 24.5 Å². The summed E-state index contributed by atoms with van der Waals surface area (Å²) in [7, 11) is 0. The standard InChI is InChI=1S/C24H22N2O3/c1-17-15-23(27)25-21-9-5-6-10-22(21)26(17)24(28)16-29-20-13-11-19(12-14-20)18-7-3-2-4-8-18/h2-14,17H,15-16H2,1H3,(H,25,27)/t17-/m0/s1. The Labute approximate surface area is 169 Å². The highest BCUT2D eigenvalue weighted by Gasteiger charge is 2.29. The van der Waals surface area contributed by atoms with Crippen LogP contribution < -0.4 is 15.0 Å². The number of ether oxygens (including phenoxy) is 1. The van der Waals surface area contributed by atoms with Crippen molar-refractivity contribution in [2.24, 2.45) is 0 Å². The molecule has 1 aliphatic rings. The predicted molar refractivity (Wildman–Crippen MR) is 114 cm³/mol. The quantitative estimate of drug-likeness (QED) is 0.718. The van der Waals surface area contributed by atoms with Crippen molar-refractivity contribution >= 4 is 23.2 Å². The van der Waals surface area contributed by atoms with Crippen LogP contribution in [0.25, 0.3) is 11.1 Å². The van der Waals surface area contributed by atoms with Crippen molar-refractivity contribution in [3.63, 3.8) is 0 Å². The average Bonchev–Trinajstić information content (AvgIpc) is 2.87. The van der Waals surface area contributed by atoms with Gasteiger partial charge < -0.3 is 15.0 Å². The third-order valence-electron chi connectivity index (χ3n) is 4.95. The molecule has 29 heavy (non-hydrogen) atoms. The maximum absolute atomic E-state index is 13.0. The lowest BCUT2D eigenvalue weighted by molar-refractivity contribution is -0.121. The van der Waals surface area contributed by atoms with Gasteiger partial charge in [0.1, 0.15) is 5.75 Å². The molecule has 0 spiro atoms. The zero-order valence-corrected chi connectivity index (χ0v) is 16.2. The number of hydrogen-bond acceptors (Lipinski definition) is 3. The van der Waals surface area contributed by atoms with E-state index in [-0.39, 0.29) is 30.9 Å². The number of amides is 2. The molecule has 0 saturated heterocycles. The molecule has 1 atom stereocenters. The number of hydrogen-bond donors (Lipinski definition) is 1. The molecule has 0 bridgehead atoms. The number of fused-ring (bicyclic) bond motifs is 1. The van der Waals surface area contributed by atoms with Crippen LogP contribution in [0.4, 0.5) is 11.4 Å². The van der Waals surface area contributed by atoms with E-state index in [1.54, 1.807) is 11.0 Å². The Bertz CT molecular complexity index is 1020. The molecule has 5 nitrogen and oxygen atoms in total. The highest BCUT2D eigenvalue weighted by atomic mass is 16.5. The lowest BCUT2D eigenvalue weighted by Crippen LogP contribution is -2.41. The van der Waals surface area contributed by atoms with E-state index in [9.17, 15) is 9.59 Å². The molecule has 1 heterocycles. The number of carbonyl (C=O) groups is 2. The van der Waals surface area contributed by atoms with Crippen molar-refractivity contribution in [1.82, 2.24) is 0 Å². The van der Waals surface area contributed by atoms with Crippen molar-refractivity contribution in [3.8, 4) is 16.9 Å². The number of nitrogens with zero attached hydrogens (tertiary/aromatic N) is 1. The van der Waals surface area contributed by atoms with Crippen molar-refractivity contribution in [2.45, 2.75) is 19.4 Å². The summed E-state index contributed by atoms with van der Waals surface area (Å²) in [6, 6.07) is 24.8. The summed E-state index contributed by atoms with van der Waals surface area (Å²) in [5, 5.41) is 2.86. The fourth-order valence-electron chi connectivity index (χ4n) is 3.56. The van der Waals surface area contributed by atoms with Gasteiger partial charge in [-0.15, -0.1) is 0 Å². The number of carbonyl (C=O) groups excluding carboxylic acids is 2. The molecule has 0 aliphatic carbocycles. The second-order valence-corrected chi connectivity index (χ2v) is 7.06. The molecule has 1 aliphatic heterocycles. The second kappa shape index (κ2) is 8.19. The first-order chi connectivity index (χ1) is 14.1. The van der Waals surface area contributed by atoms with Gasteiger partial charge in [-0.1, -0.05) is 54.6 Å². The molecule has 3 aromatic carbocycles. The fraction of sp³-hybridized carbons (Fsp3) is 0.167. The van der Waals surface area contributed by atoms with Crippen molar-refractivity contribution < 1.29 is 14.3 Å². The Kier molecular flexibility index (Phi) is 5.29. The van der Waals surface area contributed by atoms with E-state index in [0.717, 1.165) is 11.1 Å². The minimum absolute atomic E-state index is 0.0994. The van der Waals surface area contributed by atoms with Gasteiger partial charge in [0.05, 0.1) is 11.4 Å². The van der Waals surface area contributed by atoms with Crippen LogP contribution >= 0.6 is 0 Å². The van der Waals surface area contributed by atoms with Crippen molar-refractivity contribution in [3.05, 3.63) is 78.9 Å². The number of anilines is 2. The zero-order valence-electron chi connectivity index (χ0n) is 16.2. The molecule has 5 heteroatoms. The Morgan fingerprint density at radius 1 is 0.966 bits per heavy atom. The van der Waals surface area contributed by atoms with Gasteiger partial charge >= 0.3 is 0 Å². The second-order valence-electron chi connectivity index (χ2n) is 7.06. The summed E-state index contributed by atoms with van der Waals surface area (Å²) in [6.45, 7) is 1.77. The van der Waals surface area contributed by atoms with Crippen LogP contribution in [0.5, 0.6) is 5.75 Å². The Balaban J connectivity index is 1.47. The summed E-state index contributed by atoms with van der Waals surface area (Å²) in [5.41, 5.74) is 3.55. The SMILES string of the molecule is C[C@H]1CC(=O)Nc2ccccc2N1C(=O)COc1ccc(-c2ccccc2)cc1. The molecule has 146 valence electrons. The minimum atomic E-state index is -0.254. The third-order valence-corrected chi connectivity index (χ3v) is 4.95. The zero-order chi connectivity index (χ0) is 20.2. The monoisotopic (exact) mass is 386 g/mol. The average molecular weight is 386 g/mol. The van der Waals surface area contributed by atoms with Crippen LogP contribution in [0.2, 0.25) is 0 Å². The predicted octanol–water partition coefficient (Wildman–Crippen LogP) is 4.50. The minimum Gasteiger partial charge on any atom is -0.484 e. The number of para-hydroxylation sites is 2. The van der Waals surface area contributed by atoms with Crippen LogP contribution in [0.3, 0.4) is 0 Å². The topological polar surface area (TPSA) is 58.6 Å². The summed E-state index contributed by atoms with van der Waals surface area (Å²) in [5.74, 6) is 0.342. The van der Waals surface area contributed by atoms with E-state index >= 15 is 0 Å².